The molecule has 0 radical (unpaired) electrons. The zero-order valence-corrected chi connectivity index (χ0v) is 10.5. The smallest absolute Gasteiger partial charge is 0.128 e. The van der Waals surface area contributed by atoms with Gasteiger partial charge in [0.1, 0.15) is 16.6 Å². The summed E-state index contributed by atoms with van der Waals surface area (Å²) in [5.74, 6) is 0. The van der Waals surface area contributed by atoms with Gasteiger partial charge in [0, 0.05) is 6.20 Å². The van der Waals surface area contributed by atoms with Crippen molar-refractivity contribution in [2.24, 2.45) is 0 Å². The van der Waals surface area contributed by atoms with Crippen molar-refractivity contribution in [1.82, 2.24) is 9.36 Å². The predicted molar refractivity (Wildman–Crippen MR) is 67.9 cm³/mol. The first-order valence-corrected chi connectivity index (χ1v) is 6.00. The van der Waals surface area contributed by atoms with Gasteiger partial charge in [-0.1, -0.05) is 6.07 Å². The van der Waals surface area contributed by atoms with E-state index >= 15 is 0 Å². The van der Waals surface area contributed by atoms with Crippen molar-refractivity contribution in [3.63, 3.8) is 0 Å². The number of rotatable bonds is 3. The van der Waals surface area contributed by atoms with Crippen LogP contribution in [-0.2, 0) is 6.54 Å². The summed E-state index contributed by atoms with van der Waals surface area (Å²) in [6, 6.07) is 6.09. The van der Waals surface area contributed by atoms with Gasteiger partial charge in [0.15, 0.2) is 0 Å². The summed E-state index contributed by atoms with van der Waals surface area (Å²) >= 11 is 1.31. The molecule has 2 aromatic heterocycles. The van der Waals surface area contributed by atoms with Crippen LogP contribution in [0.1, 0.15) is 22.5 Å². The summed E-state index contributed by atoms with van der Waals surface area (Å²) in [5, 5.41) is 13.0. The van der Waals surface area contributed by atoms with Crippen molar-refractivity contribution in [3.8, 4) is 6.07 Å². The van der Waals surface area contributed by atoms with Gasteiger partial charge in [-0.3, -0.25) is 4.98 Å². The number of anilines is 1. The fourth-order valence-corrected chi connectivity index (χ4v) is 2.23. The predicted octanol–water partition coefficient (Wildman–Crippen LogP) is 2.64. The minimum atomic E-state index is 0.614. The maximum Gasteiger partial charge on any atom is 0.128 e. The summed E-state index contributed by atoms with van der Waals surface area (Å²) < 4.78 is 4.16. The Kier molecular flexibility index (Phi) is 3.35. The standard InChI is InChI=1S/C12H12N4S/c1-8-4-3-5-14-11(8)7-15-12-10(6-13)9(2)16-17-12/h3-5,15H,7H2,1-2H3. The molecule has 4 nitrogen and oxygen atoms in total. The van der Waals surface area contributed by atoms with Crippen LogP contribution in [0.2, 0.25) is 0 Å². The Morgan fingerprint density at radius 2 is 2.29 bits per heavy atom. The highest BCUT2D eigenvalue weighted by molar-refractivity contribution is 7.10. The van der Waals surface area contributed by atoms with Gasteiger partial charge in [-0.2, -0.15) is 9.64 Å². The minimum Gasteiger partial charge on any atom is -0.369 e. The van der Waals surface area contributed by atoms with Crippen LogP contribution in [0.15, 0.2) is 18.3 Å². The van der Waals surface area contributed by atoms with E-state index in [1.54, 1.807) is 6.20 Å². The molecule has 0 aliphatic rings. The molecule has 1 N–H and O–H groups in total. The van der Waals surface area contributed by atoms with Crippen molar-refractivity contribution in [2.45, 2.75) is 20.4 Å². The van der Waals surface area contributed by atoms with Crippen molar-refractivity contribution < 1.29 is 0 Å². The van der Waals surface area contributed by atoms with Gasteiger partial charge in [-0.15, -0.1) is 0 Å². The highest BCUT2D eigenvalue weighted by Crippen LogP contribution is 2.23. The van der Waals surface area contributed by atoms with Crippen molar-refractivity contribution in [2.75, 3.05) is 5.32 Å². The highest BCUT2D eigenvalue weighted by Gasteiger charge is 2.09. The van der Waals surface area contributed by atoms with Crippen LogP contribution in [-0.4, -0.2) is 9.36 Å². The van der Waals surface area contributed by atoms with E-state index in [0.29, 0.717) is 12.1 Å². The number of aryl methyl sites for hydroxylation is 2. The van der Waals surface area contributed by atoms with E-state index in [1.807, 2.05) is 26.0 Å². The van der Waals surface area contributed by atoms with Gasteiger partial charge >= 0.3 is 0 Å². The third-order valence-electron chi connectivity index (χ3n) is 2.51. The Bertz CT molecular complexity index is 568. The van der Waals surface area contributed by atoms with Crippen molar-refractivity contribution >= 4 is 16.5 Å². The number of pyridine rings is 1. The van der Waals surface area contributed by atoms with E-state index < -0.39 is 0 Å². The third kappa shape index (κ3) is 2.43. The molecule has 2 heterocycles. The molecule has 0 aliphatic carbocycles. The summed E-state index contributed by atoms with van der Waals surface area (Å²) in [7, 11) is 0. The van der Waals surface area contributed by atoms with Gasteiger partial charge in [0.05, 0.1) is 17.9 Å². The molecule has 0 saturated heterocycles. The lowest BCUT2D eigenvalue weighted by Crippen LogP contribution is -2.03. The molecule has 0 unspecified atom stereocenters. The summed E-state index contributed by atoms with van der Waals surface area (Å²) in [4.78, 5) is 4.29. The van der Waals surface area contributed by atoms with Crippen molar-refractivity contribution in [3.05, 3.63) is 40.8 Å². The molecule has 0 fully saturated rings. The number of nitrogens with one attached hydrogen (secondary N) is 1. The van der Waals surface area contributed by atoms with Gasteiger partial charge in [-0.05, 0) is 37.0 Å². The first-order chi connectivity index (χ1) is 8.22. The second-order valence-electron chi connectivity index (χ2n) is 3.70. The minimum absolute atomic E-state index is 0.614. The van der Waals surface area contributed by atoms with E-state index in [0.717, 1.165) is 22.0 Å². The Morgan fingerprint density at radius 3 is 3.00 bits per heavy atom. The van der Waals surface area contributed by atoms with Crippen LogP contribution in [0.3, 0.4) is 0 Å². The number of hydrogen-bond donors (Lipinski definition) is 1. The lowest BCUT2D eigenvalue weighted by Gasteiger charge is -2.05. The third-order valence-corrected chi connectivity index (χ3v) is 3.40. The molecule has 0 atom stereocenters. The van der Waals surface area contributed by atoms with Crippen LogP contribution in [0.5, 0.6) is 0 Å². The highest BCUT2D eigenvalue weighted by atomic mass is 32.1. The number of hydrogen-bond acceptors (Lipinski definition) is 5. The number of aromatic nitrogens is 2. The van der Waals surface area contributed by atoms with Crippen LogP contribution in [0.4, 0.5) is 5.00 Å². The summed E-state index contributed by atoms with van der Waals surface area (Å²) in [6.45, 7) is 4.47. The second-order valence-corrected chi connectivity index (χ2v) is 4.48. The molecular formula is C12H12N4S. The fourth-order valence-electron chi connectivity index (χ4n) is 1.49. The Labute approximate surface area is 104 Å². The first kappa shape index (κ1) is 11.6. The van der Waals surface area contributed by atoms with Crippen molar-refractivity contribution in [1.29, 1.82) is 5.26 Å². The topological polar surface area (TPSA) is 61.6 Å². The zero-order valence-electron chi connectivity index (χ0n) is 9.69. The van der Waals surface area contributed by atoms with Gasteiger partial charge in [0.2, 0.25) is 0 Å². The number of nitrogens with zero attached hydrogens (tertiary/aromatic N) is 3. The van der Waals surface area contributed by atoms with E-state index in [9.17, 15) is 0 Å². The van der Waals surface area contributed by atoms with E-state index in [-0.39, 0.29) is 0 Å². The lowest BCUT2D eigenvalue weighted by molar-refractivity contribution is 1.02. The quantitative estimate of drug-likeness (QED) is 0.901. The molecule has 0 saturated carbocycles. The van der Waals surface area contributed by atoms with Crippen LogP contribution >= 0.6 is 11.5 Å². The van der Waals surface area contributed by atoms with Crippen LogP contribution in [0, 0.1) is 25.2 Å². The largest absolute Gasteiger partial charge is 0.369 e. The molecule has 17 heavy (non-hydrogen) atoms. The lowest BCUT2D eigenvalue weighted by atomic mass is 10.2. The molecule has 5 heteroatoms. The number of nitriles is 1. The Morgan fingerprint density at radius 1 is 1.47 bits per heavy atom. The first-order valence-electron chi connectivity index (χ1n) is 5.23. The van der Waals surface area contributed by atoms with Crippen LogP contribution in [0.25, 0.3) is 0 Å². The Balaban J connectivity index is 2.13. The van der Waals surface area contributed by atoms with E-state index in [4.69, 9.17) is 5.26 Å². The molecular weight excluding hydrogens is 232 g/mol. The van der Waals surface area contributed by atoms with Gasteiger partial charge in [-0.25, -0.2) is 0 Å². The molecule has 0 bridgehead atoms. The fraction of sp³-hybridized carbons (Fsp3) is 0.250. The average Bonchev–Trinajstić information content (AvgIpc) is 2.69. The maximum atomic E-state index is 9.00. The molecule has 0 spiro atoms. The van der Waals surface area contributed by atoms with Crippen LogP contribution < -0.4 is 5.32 Å². The normalized spacial score (nSPS) is 9.94. The summed E-state index contributed by atoms with van der Waals surface area (Å²) in [6.07, 6.45) is 1.77. The second kappa shape index (κ2) is 4.93. The summed E-state index contributed by atoms with van der Waals surface area (Å²) in [5.41, 5.74) is 3.53. The SMILES string of the molecule is Cc1cccnc1CNc1snc(C)c1C#N. The molecule has 86 valence electrons. The molecule has 2 rings (SSSR count). The zero-order chi connectivity index (χ0) is 12.3. The molecule has 2 aromatic rings. The van der Waals surface area contributed by atoms with Gasteiger partial charge < -0.3 is 5.32 Å². The molecule has 0 amide bonds. The Hall–Kier alpha value is -1.93. The van der Waals surface area contributed by atoms with E-state index in [1.165, 1.54) is 11.5 Å². The molecule has 0 aliphatic heterocycles. The monoisotopic (exact) mass is 244 g/mol. The average molecular weight is 244 g/mol. The van der Waals surface area contributed by atoms with Gasteiger partial charge in [0.25, 0.3) is 0 Å². The molecule has 0 aromatic carbocycles. The maximum absolute atomic E-state index is 9.00. The van der Waals surface area contributed by atoms with E-state index in [2.05, 4.69) is 20.7 Å².